The molecule has 0 aliphatic carbocycles. The van der Waals surface area contributed by atoms with Crippen molar-refractivity contribution in [2.45, 2.75) is 102 Å². The largest absolute Gasteiger partial charge is 0.417 e. The van der Waals surface area contributed by atoms with Crippen molar-refractivity contribution < 1.29 is 17.7 Å². The first-order chi connectivity index (χ1) is 13.1. The normalized spacial score (nSPS) is 36.9. The van der Waals surface area contributed by atoms with Gasteiger partial charge in [0.2, 0.25) is 0 Å². The van der Waals surface area contributed by atoms with Gasteiger partial charge < -0.3 is 17.7 Å². The van der Waals surface area contributed by atoms with Crippen molar-refractivity contribution >= 4 is 33.3 Å². The van der Waals surface area contributed by atoms with Gasteiger partial charge in [0.25, 0.3) is 0 Å². The Bertz CT molecular complexity index is 362. The van der Waals surface area contributed by atoms with Crippen molar-refractivity contribution in [3.8, 4) is 0 Å². The average molecular weight is 465 g/mol. The van der Waals surface area contributed by atoms with Gasteiger partial charge >= 0.3 is 0 Å². The second-order valence-corrected chi connectivity index (χ2v) is 28.3. The number of hydrogen-bond donors (Lipinski definition) is 0. The molecule has 0 atom stereocenters. The summed E-state index contributed by atoms with van der Waals surface area (Å²) in [4.78, 5) is 0. The fourth-order valence-electron chi connectivity index (χ4n) is 5.22. The van der Waals surface area contributed by atoms with Crippen molar-refractivity contribution in [2.24, 2.45) is 0 Å². The zero-order valence-electron chi connectivity index (χ0n) is 20.1. The maximum absolute atomic E-state index is 6.68. The van der Waals surface area contributed by atoms with Crippen LogP contribution >= 0.6 is 0 Å². The first-order valence-electron chi connectivity index (χ1n) is 11.6. The molecule has 1 aliphatic heterocycles. The van der Waals surface area contributed by atoms with E-state index >= 15 is 0 Å². The van der Waals surface area contributed by atoms with E-state index < -0.39 is 33.3 Å². The molecule has 0 aromatic heterocycles. The molecule has 1 fully saturated rings. The van der Waals surface area contributed by atoms with Crippen LogP contribution in [0.15, 0.2) is 0 Å². The predicted octanol–water partition coefficient (Wildman–Crippen LogP) is 6.16. The van der Waals surface area contributed by atoms with Gasteiger partial charge in [0.05, 0.1) is 0 Å². The molecule has 0 spiro atoms. The van der Waals surface area contributed by atoms with Crippen LogP contribution in [0.1, 0.15) is 53.4 Å². The summed E-state index contributed by atoms with van der Waals surface area (Å²) in [6.07, 6.45) is 4.38. The van der Waals surface area contributed by atoms with Crippen LogP contribution in [0.3, 0.4) is 0 Å². The lowest BCUT2D eigenvalue weighted by molar-refractivity contribution is 0.274. The van der Waals surface area contributed by atoms with Gasteiger partial charge in [0.1, 0.15) is 0 Å². The van der Waals surface area contributed by atoms with Crippen molar-refractivity contribution in [2.75, 3.05) is 26.4 Å². The Kier molecular flexibility index (Phi) is 11.4. The quantitative estimate of drug-likeness (QED) is 0.324. The van der Waals surface area contributed by atoms with E-state index in [-0.39, 0.29) is 0 Å². The molecule has 28 heavy (non-hydrogen) atoms. The molecule has 0 aromatic carbocycles. The van der Waals surface area contributed by atoms with Gasteiger partial charge in [-0.05, 0) is 74.5 Å². The average Bonchev–Trinajstić information content (AvgIpc) is 2.60. The summed E-state index contributed by atoms with van der Waals surface area (Å²) in [6, 6.07) is 0. The maximum Gasteiger partial charge on any atom is 0.189 e. The van der Waals surface area contributed by atoms with E-state index in [0.717, 1.165) is 52.1 Å². The number of rotatable bonds is 12. The van der Waals surface area contributed by atoms with Gasteiger partial charge in [0.15, 0.2) is 33.3 Å². The van der Waals surface area contributed by atoms with Crippen LogP contribution in [0.5, 0.6) is 0 Å². The summed E-state index contributed by atoms with van der Waals surface area (Å²) in [7, 11) is -7.46. The zero-order chi connectivity index (χ0) is 21.3. The minimum Gasteiger partial charge on any atom is -0.417 e. The van der Waals surface area contributed by atoms with E-state index in [1.54, 1.807) is 0 Å². The molecule has 8 heteroatoms. The van der Waals surface area contributed by atoms with Gasteiger partial charge in [-0.15, -0.1) is 0 Å². The number of hydrogen-bond acceptors (Lipinski definition) is 4. The Morgan fingerprint density at radius 1 is 0.429 bits per heavy atom. The third kappa shape index (κ3) is 8.83. The third-order valence-electron chi connectivity index (χ3n) is 5.61. The van der Waals surface area contributed by atoms with E-state index in [2.05, 4.69) is 53.9 Å². The summed E-state index contributed by atoms with van der Waals surface area (Å²) in [5, 5.41) is 0. The molecule has 0 radical (unpaired) electrons. The second kappa shape index (κ2) is 11.9. The van der Waals surface area contributed by atoms with E-state index in [4.69, 9.17) is 17.7 Å². The standard InChI is InChI=1S/C20H48O4Si4/c1-9-13-21-25(5)17-26(6,22-14-10-2)19-28(8,24-16-12-4)20-27(7,18-25)23-15-11-3/h9-20H2,1-8H3. The van der Waals surface area contributed by atoms with Gasteiger partial charge in [-0.25, -0.2) is 0 Å². The van der Waals surface area contributed by atoms with E-state index in [0.29, 0.717) is 0 Å². The molecule has 0 bridgehead atoms. The second-order valence-electron chi connectivity index (χ2n) is 9.90. The van der Waals surface area contributed by atoms with Gasteiger partial charge in [-0.3, -0.25) is 0 Å². The van der Waals surface area contributed by atoms with Crippen molar-refractivity contribution in [3.63, 3.8) is 0 Å². The Morgan fingerprint density at radius 2 is 0.607 bits per heavy atom. The fourth-order valence-corrected chi connectivity index (χ4v) is 43.1. The fraction of sp³-hybridized carbons (Fsp3) is 1.00. The lowest BCUT2D eigenvalue weighted by Gasteiger charge is -2.48. The smallest absolute Gasteiger partial charge is 0.189 e. The Morgan fingerprint density at radius 3 is 0.750 bits per heavy atom. The van der Waals surface area contributed by atoms with Crippen LogP contribution in [0.4, 0.5) is 0 Å². The van der Waals surface area contributed by atoms with Crippen LogP contribution in [-0.2, 0) is 17.7 Å². The first-order valence-corrected chi connectivity index (χ1v) is 22.9. The van der Waals surface area contributed by atoms with Crippen LogP contribution < -0.4 is 0 Å². The molecule has 1 heterocycles. The summed E-state index contributed by atoms with van der Waals surface area (Å²) in [5.74, 6) is 0. The van der Waals surface area contributed by atoms with E-state index in [9.17, 15) is 0 Å². The molecule has 0 N–H and O–H groups in total. The first kappa shape index (κ1) is 26.7. The molecule has 4 nitrogen and oxygen atoms in total. The molecular weight excluding hydrogens is 417 g/mol. The highest BCUT2D eigenvalue weighted by atomic mass is 28.5. The maximum atomic E-state index is 6.68. The Labute approximate surface area is 179 Å². The van der Waals surface area contributed by atoms with E-state index in [1.807, 2.05) is 0 Å². The zero-order valence-corrected chi connectivity index (χ0v) is 24.1. The molecule has 1 saturated heterocycles. The Hall–Kier alpha value is 0.708. The van der Waals surface area contributed by atoms with Gasteiger partial charge in [-0.1, -0.05) is 27.7 Å². The molecule has 168 valence electrons. The van der Waals surface area contributed by atoms with Crippen molar-refractivity contribution in [1.82, 2.24) is 0 Å². The molecule has 0 amide bonds. The molecule has 1 rings (SSSR count). The lowest BCUT2D eigenvalue weighted by atomic mass is 10.5. The SMILES string of the molecule is CCCO[Si]1(C)C[Si](C)(OCCC)C[Si](C)(OCCC)C[Si](C)(OCCC)C1. The molecular formula is C20H48O4Si4. The predicted molar refractivity (Wildman–Crippen MR) is 131 cm³/mol. The minimum absolute atomic E-state index is 0.889. The molecule has 0 aromatic rings. The third-order valence-corrected chi connectivity index (χ3v) is 33.1. The molecule has 0 unspecified atom stereocenters. The highest BCUT2D eigenvalue weighted by Gasteiger charge is 2.56. The van der Waals surface area contributed by atoms with Crippen LogP contribution in [0.25, 0.3) is 0 Å². The summed E-state index contributed by atoms with van der Waals surface area (Å²) >= 11 is 0. The lowest BCUT2D eigenvalue weighted by Crippen LogP contribution is -2.62. The summed E-state index contributed by atoms with van der Waals surface area (Å²) in [6.45, 7) is 22.3. The molecule has 0 saturated carbocycles. The topological polar surface area (TPSA) is 36.9 Å². The monoisotopic (exact) mass is 464 g/mol. The summed E-state index contributed by atoms with van der Waals surface area (Å²) < 4.78 is 26.7. The van der Waals surface area contributed by atoms with Crippen LogP contribution in [-0.4, -0.2) is 59.7 Å². The van der Waals surface area contributed by atoms with Crippen LogP contribution in [0.2, 0.25) is 48.9 Å². The Balaban J connectivity index is 3.24. The van der Waals surface area contributed by atoms with Crippen LogP contribution in [0, 0.1) is 0 Å². The molecule has 1 aliphatic rings. The highest BCUT2D eigenvalue weighted by molar-refractivity contribution is 7.08. The van der Waals surface area contributed by atoms with Gasteiger partial charge in [-0.2, -0.15) is 0 Å². The van der Waals surface area contributed by atoms with E-state index in [1.165, 1.54) is 22.7 Å². The van der Waals surface area contributed by atoms with Crippen molar-refractivity contribution in [3.05, 3.63) is 0 Å². The van der Waals surface area contributed by atoms with Crippen molar-refractivity contribution in [1.29, 1.82) is 0 Å². The minimum atomic E-state index is -1.86. The van der Waals surface area contributed by atoms with Gasteiger partial charge in [0, 0.05) is 26.4 Å². The highest BCUT2D eigenvalue weighted by Crippen LogP contribution is 2.42. The summed E-state index contributed by atoms with van der Waals surface area (Å²) in [5.41, 5.74) is 4.82.